The third-order valence-electron chi connectivity index (χ3n) is 4.95. The molecule has 1 aliphatic heterocycles. The normalized spacial score (nSPS) is 21.2. The van der Waals surface area contributed by atoms with Crippen LogP contribution in [0.25, 0.3) is 0 Å². The van der Waals surface area contributed by atoms with Crippen LogP contribution in [0, 0.1) is 5.92 Å². The molecular formula is C19H25N3O3. The van der Waals surface area contributed by atoms with Gasteiger partial charge in [-0.2, -0.15) is 0 Å². The lowest BCUT2D eigenvalue weighted by atomic mass is 9.95. The summed E-state index contributed by atoms with van der Waals surface area (Å²) in [6.07, 6.45) is 5.92. The van der Waals surface area contributed by atoms with Gasteiger partial charge < -0.3 is 15.5 Å². The maximum atomic E-state index is 12.5. The highest BCUT2D eigenvalue weighted by molar-refractivity contribution is 6.00. The lowest BCUT2D eigenvalue weighted by molar-refractivity contribution is -0.127. The van der Waals surface area contributed by atoms with Gasteiger partial charge in [-0.05, 0) is 37.1 Å². The van der Waals surface area contributed by atoms with Crippen molar-refractivity contribution in [1.29, 1.82) is 0 Å². The van der Waals surface area contributed by atoms with Crippen LogP contribution in [0.3, 0.4) is 0 Å². The van der Waals surface area contributed by atoms with Crippen LogP contribution >= 0.6 is 0 Å². The molecule has 134 valence electrons. The number of nitrogens with one attached hydrogen (secondary N) is 2. The van der Waals surface area contributed by atoms with Crippen LogP contribution in [0.5, 0.6) is 0 Å². The van der Waals surface area contributed by atoms with Crippen molar-refractivity contribution in [1.82, 2.24) is 5.32 Å². The smallest absolute Gasteiger partial charge is 0.227 e. The number of rotatable bonds is 4. The molecule has 3 amide bonds. The van der Waals surface area contributed by atoms with Crippen LogP contribution in [0.2, 0.25) is 0 Å². The molecule has 2 aliphatic rings. The van der Waals surface area contributed by atoms with Crippen molar-refractivity contribution in [2.24, 2.45) is 5.92 Å². The van der Waals surface area contributed by atoms with Gasteiger partial charge in [-0.3, -0.25) is 14.4 Å². The van der Waals surface area contributed by atoms with Gasteiger partial charge in [0.1, 0.15) is 0 Å². The Balaban J connectivity index is 1.59. The summed E-state index contributed by atoms with van der Waals surface area (Å²) >= 11 is 0. The number of anilines is 2. The van der Waals surface area contributed by atoms with E-state index in [9.17, 15) is 14.4 Å². The maximum absolute atomic E-state index is 12.5. The first-order chi connectivity index (χ1) is 12.0. The number of hydrogen-bond donors (Lipinski definition) is 2. The lowest BCUT2D eigenvalue weighted by Crippen LogP contribution is -2.40. The number of carbonyl (C=O) groups excluding carboxylic acids is 3. The summed E-state index contributed by atoms with van der Waals surface area (Å²) in [5.74, 6) is -0.456. The molecule has 0 bridgehead atoms. The Morgan fingerprint density at radius 1 is 1.08 bits per heavy atom. The minimum atomic E-state index is -0.288. The van der Waals surface area contributed by atoms with E-state index >= 15 is 0 Å². The van der Waals surface area contributed by atoms with Crippen molar-refractivity contribution in [3.63, 3.8) is 0 Å². The third-order valence-corrected chi connectivity index (χ3v) is 4.95. The second kappa shape index (κ2) is 7.68. The molecule has 1 heterocycles. The van der Waals surface area contributed by atoms with E-state index in [1.54, 1.807) is 29.2 Å². The highest BCUT2D eigenvalue weighted by Gasteiger charge is 2.35. The Hall–Kier alpha value is -2.37. The van der Waals surface area contributed by atoms with Crippen molar-refractivity contribution < 1.29 is 14.4 Å². The number of carbonyl (C=O) groups is 3. The molecule has 1 aliphatic carbocycles. The monoisotopic (exact) mass is 343 g/mol. The largest absolute Gasteiger partial charge is 0.353 e. The predicted molar refractivity (Wildman–Crippen MR) is 96.2 cm³/mol. The molecule has 1 saturated heterocycles. The average Bonchev–Trinajstić information content (AvgIpc) is 2.98. The van der Waals surface area contributed by atoms with E-state index in [0.717, 1.165) is 18.5 Å². The van der Waals surface area contributed by atoms with Gasteiger partial charge >= 0.3 is 0 Å². The minimum absolute atomic E-state index is 0.00221. The van der Waals surface area contributed by atoms with Crippen LogP contribution in [-0.2, 0) is 14.4 Å². The van der Waals surface area contributed by atoms with Crippen LogP contribution in [-0.4, -0.2) is 30.3 Å². The van der Waals surface area contributed by atoms with Crippen molar-refractivity contribution in [2.45, 2.75) is 51.5 Å². The van der Waals surface area contributed by atoms with Crippen LogP contribution < -0.4 is 15.5 Å². The van der Waals surface area contributed by atoms with E-state index in [1.165, 1.54) is 26.2 Å². The van der Waals surface area contributed by atoms with Gasteiger partial charge in [0.2, 0.25) is 17.7 Å². The summed E-state index contributed by atoms with van der Waals surface area (Å²) in [4.78, 5) is 37.5. The quantitative estimate of drug-likeness (QED) is 0.881. The zero-order valence-electron chi connectivity index (χ0n) is 14.6. The third kappa shape index (κ3) is 4.38. The Bertz CT molecular complexity index is 650. The zero-order valence-corrected chi connectivity index (χ0v) is 14.6. The first-order valence-corrected chi connectivity index (χ1v) is 9.01. The van der Waals surface area contributed by atoms with E-state index in [-0.39, 0.29) is 36.1 Å². The summed E-state index contributed by atoms with van der Waals surface area (Å²) in [5, 5.41) is 5.82. The Kier molecular flexibility index (Phi) is 5.36. The second-order valence-corrected chi connectivity index (χ2v) is 6.98. The summed E-state index contributed by atoms with van der Waals surface area (Å²) < 4.78 is 0. The SMILES string of the molecule is CC(=O)Nc1ccc(N2C[C@@H](C(=O)NC3CCCCC3)CC2=O)cc1. The van der Waals surface area contributed by atoms with Gasteiger partial charge in [-0.15, -0.1) is 0 Å². The molecule has 0 unspecified atom stereocenters. The minimum Gasteiger partial charge on any atom is -0.353 e. The van der Waals surface area contributed by atoms with Crippen LogP contribution in [0.1, 0.15) is 45.4 Å². The Labute approximate surface area is 148 Å². The lowest BCUT2D eigenvalue weighted by Gasteiger charge is -2.24. The molecule has 0 spiro atoms. The molecule has 6 nitrogen and oxygen atoms in total. The summed E-state index contributed by atoms with van der Waals surface area (Å²) in [5.41, 5.74) is 1.45. The highest BCUT2D eigenvalue weighted by atomic mass is 16.2. The van der Waals surface area contributed by atoms with E-state index in [0.29, 0.717) is 12.2 Å². The molecule has 0 radical (unpaired) electrons. The van der Waals surface area contributed by atoms with E-state index < -0.39 is 0 Å². The first kappa shape index (κ1) is 17.5. The molecule has 2 fully saturated rings. The molecule has 2 N–H and O–H groups in total. The average molecular weight is 343 g/mol. The molecule has 25 heavy (non-hydrogen) atoms. The maximum Gasteiger partial charge on any atom is 0.227 e. The molecule has 0 aromatic heterocycles. The predicted octanol–water partition coefficient (Wildman–Crippen LogP) is 2.45. The molecule has 1 saturated carbocycles. The first-order valence-electron chi connectivity index (χ1n) is 9.01. The fourth-order valence-electron chi connectivity index (χ4n) is 3.63. The van der Waals surface area contributed by atoms with Crippen molar-refractivity contribution in [2.75, 3.05) is 16.8 Å². The molecule has 1 atom stereocenters. The molecule has 1 aromatic carbocycles. The van der Waals surface area contributed by atoms with Gasteiger partial charge in [0.15, 0.2) is 0 Å². The Morgan fingerprint density at radius 2 is 1.76 bits per heavy atom. The number of benzene rings is 1. The van der Waals surface area contributed by atoms with E-state index in [1.807, 2.05) is 0 Å². The van der Waals surface area contributed by atoms with Crippen LogP contribution in [0.15, 0.2) is 24.3 Å². The van der Waals surface area contributed by atoms with Crippen molar-refractivity contribution in [3.05, 3.63) is 24.3 Å². The van der Waals surface area contributed by atoms with E-state index in [4.69, 9.17) is 0 Å². The summed E-state index contributed by atoms with van der Waals surface area (Å²) in [6, 6.07) is 7.39. The van der Waals surface area contributed by atoms with Gasteiger partial charge in [0.05, 0.1) is 5.92 Å². The van der Waals surface area contributed by atoms with E-state index in [2.05, 4.69) is 10.6 Å². The van der Waals surface area contributed by atoms with Gasteiger partial charge in [-0.1, -0.05) is 19.3 Å². The van der Waals surface area contributed by atoms with Crippen molar-refractivity contribution in [3.8, 4) is 0 Å². The van der Waals surface area contributed by atoms with Gasteiger partial charge in [-0.25, -0.2) is 0 Å². The number of nitrogens with zero attached hydrogens (tertiary/aromatic N) is 1. The molecule has 1 aromatic rings. The molecular weight excluding hydrogens is 318 g/mol. The standard InChI is InChI=1S/C19H25N3O3/c1-13(23)20-16-7-9-17(10-8-16)22-12-14(11-18(22)24)19(25)21-15-5-3-2-4-6-15/h7-10,14-15H,2-6,11-12H2,1H3,(H,20,23)(H,21,25)/t14-/m0/s1. The van der Waals surface area contributed by atoms with Gasteiger partial charge in [0.25, 0.3) is 0 Å². The second-order valence-electron chi connectivity index (χ2n) is 6.98. The molecule has 6 heteroatoms. The topological polar surface area (TPSA) is 78.5 Å². The summed E-state index contributed by atoms with van der Waals surface area (Å²) in [6.45, 7) is 1.87. The van der Waals surface area contributed by atoms with Gasteiger partial charge in [0, 0.05) is 37.3 Å². The Morgan fingerprint density at radius 3 is 2.40 bits per heavy atom. The van der Waals surface area contributed by atoms with Crippen molar-refractivity contribution >= 4 is 29.1 Å². The van der Waals surface area contributed by atoms with Crippen LogP contribution in [0.4, 0.5) is 11.4 Å². The molecule has 3 rings (SSSR count). The highest BCUT2D eigenvalue weighted by Crippen LogP contribution is 2.27. The number of hydrogen-bond acceptors (Lipinski definition) is 3. The number of amides is 3. The zero-order chi connectivity index (χ0) is 17.8. The summed E-state index contributed by atoms with van der Waals surface area (Å²) in [7, 11) is 0. The fraction of sp³-hybridized carbons (Fsp3) is 0.526. The fourth-order valence-corrected chi connectivity index (χ4v) is 3.63.